The largest absolute Gasteiger partial charge is 0.416 e. The summed E-state index contributed by atoms with van der Waals surface area (Å²) in [6.07, 6.45) is -4.49. The zero-order valence-electron chi connectivity index (χ0n) is 13.8. The molecule has 1 aromatic carbocycles. The van der Waals surface area contributed by atoms with E-state index < -0.39 is 11.7 Å². The Hall–Kier alpha value is -1.64. The number of halogens is 3. The fourth-order valence-corrected chi connectivity index (χ4v) is 3.07. The second-order valence-corrected chi connectivity index (χ2v) is 6.23. The zero-order valence-corrected chi connectivity index (χ0v) is 13.8. The molecule has 1 aromatic rings. The van der Waals surface area contributed by atoms with Gasteiger partial charge in [0.05, 0.1) is 31.5 Å². The molecule has 0 aliphatic carbocycles. The van der Waals surface area contributed by atoms with Gasteiger partial charge in [0.2, 0.25) is 0 Å². The van der Waals surface area contributed by atoms with Crippen LogP contribution in [0, 0.1) is 0 Å². The summed E-state index contributed by atoms with van der Waals surface area (Å²) >= 11 is 0. The molecule has 0 radical (unpaired) electrons. The van der Waals surface area contributed by atoms with Gasteiger partial charge in [-0.2, -0.15) is 13.2 Å². The molecule has 8 heteroatoms. The van der Waals surface area contributed by atoms with Gasteiger partial charge >= 0.3 is 6.18 Å². The molecule has 2 saturated heterocycles. The van der Waals surface area contributed by atoms with Crippen molar-refractivity contribution in [2.45, 2.75) is 12.3 Å². The molecular formula is C17H21F3N2O3. The molecule has 0 aromatic heterocycles. The van der Waals surface area contributed by atoms with E-state index in [-0.39, 0.29) is 17.6 Å². The molecule has 138 valence electrons. The monoisotopic (exact) mass is 358 g/mol. The van der Waals surface area contributed by atoms with Crippen LogP contribution in [-0.4, -0.2) is 74.4 Å². The summed E-state index contributed by atoms with van der Waals surface area (Å²) in [5.74, 6) is -0.260. The molecule has 2 aliphatic rings. The van der Waals surface area contributed by atoms with Crippen LogP contribution in [0.1, 0.15) is 15.9 Å². The lowest BCUT2D eigenvalue weighted by Gasteiger charge is -2.36. The Morgan fingerprint density at radius 2 is 1.76 bits per heavy atom. The number of benzene rings is 1. The van der Waals surface area contributed by atoms with Crippen molar-refractivity contribution in [1.29, 1.82) is 0 Å². The number of rotatable bonds is 3. The summed E-state index contributed by atoms with van der Waals surface area (Å²) in [5, 5.41) is 0. The van der Waals surface area contributed by atoms with Gasteiger partial charge in [-0.15, -0.1) is 0 Å². The average Bonchev–Trinajstić information content (AvgIpc) is 2.61. The number of hydrogen-bond acceptors (Lipinski definition) is 4. The fraction of sp³-hybridized carbons (Fsp3) is 0.588. The molecule has 5 nitrogen and oxygen atoms in total. The summed E-state index contributed by atoms with van der Waals surface area (Å²) in [4.78, 5) is 16.4. The number of nitrogens with zero attached hydrogens (tertiary/aromatic N) is 2. The van der Waals surface area contributed by atoms with Gasteiger partial charge in [0.25, 0.3) is 5.91 Å². The Balaban J connectivity index is 1.59. The predicted octanol–water partition coefficient (Wildman–Crippen LogP) is 1.88. The third-order valence-corrected chi connectivity index (χ3v) is 4.45. The molecule has 0 bridgehead atoms. The molecule has 3 rings (SSSR count). The standard InChI is InChI=1S/C17H21F3N2O3/c18-17(19,20)14-3-1-13(2-4-14)16(23)22-7-10-25-15(12-22)11-21-5-8-24-9-6-21/h1-4,15H,5-12H2. The number of carbonyl (C=O) groups is 1. The van der Waals surface area contributed by atoms with Gasteiger partial charge in [0.1, 0.15) is 0 Å². The van der Waals surface area contributed by atoms with Crippen molar-refractivity contribution in [1.82, 2.24) is 9.80 Å². The minimum atomic E-state index is -4.40. The lowest BCUT2D eigenvalue weighted by molar-refractivity contribution is -0.137. The van der Waals surface area contributed by atoms with E-state index in [0.717, 1.165) is 31.8 Å². The first-order chi connectivity index (χ1) is 11.9. The van der Waals surface area contributed by atoms with E-state index in [1.165, 1.54) is 12.1 Å². The van der Waals surface area contributed by atoms with Crippen molar-refractivity contribution in [3.05, 3.63) is 35.4 Å². The van der Waals surface area contributed by atoms with Crippen LogP contribution in [0.3, 0.4) is 0 Å². The molecule has 0 N–H and O–H groups in total. The Labute approximate surface area is 144 Å². The molecule has 25 heavy (non-hydrogen) atoms. The normalized spacial score (nSPS) is 22.8. The van der Waals surface area contributed by atoms with E-state index in [9.17, 15) is 18.0 Å². The lowest BCUT2D eigenvalue weighted by atomic mass is 10.1. The van der Waals surface area contributed by atoms with Gasteiger partial charge in [-0.05, 0) is 24.3 Å². The molecule has 1 unspecified atom stereocenters. The topological polar surface area (TPSA) is 42.0 Å². The lowest BCUT2D eigenvalue weighted by Crippen LogP contribution is -2.51. The molecule has 2 aliphatic heterocycles. The highest BCUT2D eigenvalue weighted by Crippen LogP contribution is 2.29. The molecule has 2 heterocycles. The van der Waals surface area contributed by atoms with Crippen LogP contribution >= 0.6 is 0 Å². The van der Waals surface area contributed by atoms with Crippen molar-refractivity contribution in [3.8, 4) is 0 Å². The summed E-state index contributed by atoms with van der Waals surface area (Å²) in [7, 11) is 0. The Morgan fingerprint density at radius 3 is 2.40 bits per heavy atom. The summed E-state index contributed by atoms with van der Waals surface area (Å²) in [6.45, 7) is 5.11. The van der Waals surface area contributed by atoms with E-state index in [0.29, 0.717) is 32.9 Å². The van der Waals surface area contributed by atoms with Gasteiger partial charge in [0, 0.05) is 38.3 Å². The maximum atomic E-state index is 12.6. The zero-order chi connectivity index (χ0) is 17.9. The van der Waals surface area contributed by atoms with Crippen LogP contribution in [0.5, 0.6) is 0 Å². The van der Waals surface area contributed by atoms with Crippen molar-refractivity contribution >= 4 is 5.91 Å². The third kappa shape index (κ3) is 4.71. The Kier molecular flexibility index (Phi) is 5.61. The van der Waals surface area contributed by atoms with Gasteiger partial charge in [-0.1, -0.05) is 0 Å². The minimum absolute atomic E-state index is 0.0924. The molecule has 1 atom stereocenters. The van der Waals surface area contributed by atoms with Crippen molar-refractivity contribution in [2.24, 2.45) is 0 Å². The van der Waals surface area contributed by atoms with E-state index >= 15 is 0 Å². The van der Waals surface area contributed by atoms with E-state index in [2.05, 4.69) is 4.90 Å². The smallest absolute Gasteiger partial charge is 0.379 e. The molecule has 0 spiro atoms. The number of alkyl halides is 3. The van der Waals surface area contributed by atoms with Crippen LogP contribution in [0.15, 0.2) is 24.3 Å². The summed E-state index contributed by atoms with van der Waals surface area (Å²) < 4.78 is 48.9. The van der Waals surface area contributed by atoms with Crippen LogP contribution in [0.4, 0.5) is 13.2 Å². The highest BCUT2D eigenvalue weighted by atomic mass is 19.4. The maximum absolute atomic E-state index is 12.6. The molecule has 2 fully saturated rings. The van der Waals surface area contributed by atoms with Crippen LogP contribution in [0.25, 0.3) is 0 Å². The van der Waals surface area contributed by atoms with Gasteiger partial charge in [-0.25, -0.2) is 0 Å². The molecular weight excluding hydrogens is 337 g/mol. The maximum Gasteiger partial charge on any atom is 0.416 e. The first-order valence-electron chi connectivity index (χ1n) is 8.32. The summed E-state index contributed by atoms with van der Waals surface area (Å²) in [5.41, 5.74) is -0.490. The minimum Gasteiger partial charge on any atom is -0.379 e. The highest BCUT2D eigenvalue weighted by Gasteiger charge is 2.31. The van der Waals surface area contributed by atoms with Gasteiger partial charge < -0.3 is 14.4 Å². The van der Waals surface area contributed by atoms with Crippen LogP contribution in [-0.2, 0) is 15.7 Å². The quantitative estimate of drug-likeness (QED) is 0.828. The fourth-order valence-electron chi connectivity index (χ4n) is 3.07. The number of carbonyl (C=O) groups excluding carboxylic acids is 1. The Morgan fingerprint density at radius 1 is 1.08 bits per heavy atom. The predicted molar refractivity (Wildman–Crippen MR) is 84.3 cm³/mol. The van der Waals surface area contributed by atoms with E-state index in [4.69, 9.17) is 9.47 Å². The van der Waals surface area contributed by atoms with Gasteiger partial charge in [-0.3, -0.25) is 9.69 Å². The first kappa shape index (κ1) is 18.2. The van der Waals surface area contributed by atoms with Crippen molar-refractivity contribution in [2.75, 3.05) is 52.5 Å². The van der Waals surface area contributed by atoms with E-state index in [1.807, 2.05) is 0 Å². The van der Waals surface area contributed by atoms with Crippen molar-refractivity contribution < 1.29 is 27.4 Å². The molecule has 0 saturated carbocycles. The number of morpholine rings is 2. The number of hydrogen-bond donors (Lipinski definition) is 0. The first-order valence-corrected chi connectivity index (χ1v) is 8.32. The highest BCUT2D eigenvalue weighted by molar-refractivity contribution is 5.94. The summed E-state index contributed by atoms with van der Waals surface area (Å²) in [6, 6.07) is 4.35. The number of amides is 1. The Bertz CT molecular complexity index is 586. The van der Waals surface area contributed by atoms with Crippen molar-refractivity contribution in [3.63, 3.8) is 0 Å². The van der Waals surface area contributed by atoms with Crippen LogP contribution in [0.2, 0.25) is 0 Å². The SMILES string of the molecule is O=C(c1ccc(C(F)(F)F)cc1)N1CCOC(CN2CCOCC2)C1. The van der Waals surface area contributed by atoms with Crippen LogP contribution < -0.4 is 0 Å². The van der Waals surface area contributed by atoms with E-state index in [1.54, 1.807) is 4.90 Å². The second-order valence-electron chi connectivity index (χ2n) is 6.23. The molecule has 1 amide bonds. The third-order valence-electron chi connectivity index (χ3n) is 4.45. The number of ether oxygens (including phenoxy) is 2. The second kappa shape index (κ2) is 7.72. The average molecular weight is 358 g/mol. The van der Waals surface area contributed by atoms with Gasteiger partial charge in [0.15, 0.2) is 0 Å².